The van der Waals surface area contributed by atoms with Gasteiger partial charge in [-0.2, -0.15) is 0 Å². The van der Waals surface area contributed by atoms with Crippen LogP contribution in [0.1, 0.15) is 70.7 Å². The smallest absolute Gasteiger partial charge is 0.434 e. The van der Waals surface area contributed by atoms with Crippen LogP contribution in [-0.2, 0) is 24.8 Å². The maximum absolute atomic E-state index is 14.4. The number of H-pyrrole nitrogens is 1. The van der Waals surface area contributed by atoms with Gasteiger partial charge in [-0.3, -0.25) is 9.78 Å². The second-order valence-corrected chi connectivity index (χ2v) is 14.4. The average molecular weight is 689 g/mol. The topological polar surface area (TPSA) is 126 Å². The molecule has 0 bridgehead atoms. The molecule has 6 aromatic rings. The molecule has 2 N–H and O–H groups in total. The minimum atomic E-state index is -0.699. The van der Waals surface area contributed by atoms with E-state index in [4.69, 9.17) is 19.1 Å². The van der Waals surface area contributed by atoms with E-state index in [0.29, 0.717) is 41.8 Å². The Morgan fingerprint density at radius 3 is 2.78 bits per heavy atom. The van der Waals surface area contributed by atoms with Gasteiger partial charge >= 0.3 is 5.76 Å². The summed E-state index contributed by atoms with van der Waals surface area (Å²) in [6, 6.07) is 16.7. The molecular weight excluding hydrogens is 656 g/mol. The van der Waals surface area contributed by atoms with Crippen LogP contribution in [0.15, 0.2) is 70.0 Å². The maximum atomic E-state index is 14.4. The van der Waals surface area contributed by atoms with E-state index < -0.39 is 11.3 Å². The van der Waals surface area contributed by atoms with Crippen molar-refractivity contribution in [3.05, 3.63) is 111 Å². The molecule has 0 saturated carbocycles. The van der Waals surface area contributed by atoms with Crippen molar-refractivity contribution in [2.75, 3.05) is 19.0 Å². The number of hydrogen-bond acceptors (Lipinski definition) is 9. The standard InChI is InChI=1S/C38H33FN6O4S/c1-38-16-4-18-45(38)36(46)31-30(29(35-43-44-37(47)49-35)26(41-33(31)38)13-9-20-7-10-22(39)11-8-20)28-19-21-15-17-40-34(32(21)50-28)42-25-14-12-24-23(25)5-3-6-27(24)48-2/h3,5-8,10-11,15,17,19,25H,4,9,12-14,16,18H2,1-2H3,(H,40,42)(H,44,47)/t25-,38?/m0/s1. The summed E-state index contributed by atoms with van der Waals surface area (Å²) in [5.74, 6) is 0.642. The Balaban J connectivity index is 1.22. The van der Waals surface area contributed by atoms with Crippen molar-refractivity contribution in [2.24, 2.45) is 0 Å². The summed E-state index contributed by atoms with van der Waals surface area (Å²) in [6.07, 6.45) is 6.30. The lowest BCUT2D eigenvalue weighted by Gasteiger charge is -2.27. The monoisotopic (exact) mass is 688 g/mol. The van der Waals surface area contributed by atoms with E-state index in [9.17, 15) is 14.0 Å². The van der Waals surface area contributed by atoms with Gasteiger partial charge in [0, 0.05) is 23.2 Å². The molecule has 252 valence electrons. The number of aryl methyl sites for hydroxylation is 2. The van der Waals surface area contributed by atoms with Crippen LogP contribution in [-0.4, -0.2) is 44.6 Å². The molecule has 50 heavy (non-hydrogen) atoms. The number of nitrogens with one attached hydrogen (secondary N) is 2. The number of methoxy groups -OCH3 is 1. The van der Waals surface area contributed by atoms with Gasteiger partial charge in [-0.25, -0.2) is 19.3 Å². The highest BCUT2D eigenvalue weighted by Gasteiger charge is 2.52. The van der Waals surface area contributed by atoms with Crippen molar-refractivity contribution in [2.45, 2.75) is 57.0 Å². The summed E-state index contributed by atoms with van der Waals surface area (Å²) in [7, 11) is 1.70. The summed E-state index contributed by atoms with van der Waals surface area (Å²) in [4.78, 5) is 39.5. The molecule has 1 amide bonds. The van der Waals surface area contributed by atoms with E-state index >= 15 is 0 Å². The molecule has 2 aromatic carbocycles. The van der Waals surface area contributed by atoms with E-state index in [1.165, 1.54) is 34.6 Å². The van der Waals surface area contributed by atoms with Crippen molar-refractivity contribution >= 4 is 33.1 Å². The molecule has 0 radical (unpaired) electrons. The third-order valence-corrected chi connectivity index (χ3v) is 11.7. The number of thiophene rings is 1. The SMILES string of the molecule is COc1cccc2c1CC[C@@H]2Nc1nccc2cc(-c3c4c(nc(CCc5ccc(F)cc5)c3-c3n[nH]c(=O)o3)C3(C)CCCN3C4=O)sc12. The summed E-state index contributed by atoms with van der Waals surface area (Å²) < 4.78 is 26.0. The number of carbonyl (C=O) groups is 1. The zero-order chi connectivity index (χ0) is 34.1. The largest absolute Gasteiger partial charge is 0.496 e. The molecule has 1 fully saturated rings. The van der Waals surface area contributed by atoms with Gasteiger partial charge in [0.15, 0.2) is 0 Å². The number of aromatic nitrogens is 4. The fourth-order valence-electron chi connectivity index (χ4n) is 8.13. The lowest BCUT2D eigenvalue weighted by Crippen LogP contribution is -2.35. The van der Waals surface area contributed by atoms with Gasteiger partial charge in [0.25, 0.3) is 11.8 Å². The predicted octanol–water partition coefficient (Wildman–Crippen LogP) is 7.20. The molecule has 3 aliphatic rings. The van der Waals surface area contributed by atoms with Crippen LogP contribution in [0.3, 0.4) is 0 Å². The predicted molar refractivity (Wildman–Crippen MR) is 188 cm³/mol. The lowest BCUT2D eigenvalue weighted by molar-refractivity contribution is 0.0684. The Morgan fingerprint density at radius 1 is 1.12 bits per heavy atom. The minimum Gasteiger partial charge on any atom is -0.496 e. The van der Waals surface area contributed by atoms with Gasteiger partial charge in [0.2, 0.25) is 0 Å². The van der Waals surface area contributed by atoms with Gasteiger partial charge in [0.1, 0.15) is 17.4 Å². The first-order valence-electron chi connectivity index (χ1n) is 16.8. The van der Waals surface area contributed by atoms with Crippen LogP contribution in [0, 0.1) is 5.82 Å². The van der Waals surface area contributed by atoms with E-state index in [2.05, 4.69) is 34.6 Å². The fourth-order valence-corrected chi connectivity index (χ4v) is 9.29. The average Bonchev–Trinajstić information content (AvgIpc) is 3.95. The molecule has 6 heterocycles. The summed E-state index contributed by atoms with van der Waals surface area (Å²) in [5.41, 5.74) is 5.86. The number of carbonyl (C=O) groups excluding carboxylic acids is 1. The Bertz CT molecular complexity index is 2380. The molecule has 1 unspecified atom stereocenters. The molecule has 9 rings (SSSR count). The molecule has 10 nitrogen and oxygen atoms in total. The first-order chi connectivity index (χ1) is 24.3. The maximum Gasteiger partial charge on any atom is 0.434 e. The van der Waals surface area contributed by atoms with Gasteiger partial charge < -0.3 is 19.4 Å². The molecule has 0 spiro atoms. The van der Waals surface area contributed by atoms with E-state index in [1.54, 1.807) is 25.4 Å². The zero-order valence-electron chi connectivity index (χ0n) is 27.5. The third-order valence-electron chi connectivity index (χ3n) is 10.5. The third kappa shape index (κ3) is 4.76. The molecular formula is C38H33FN6O4S. The molecule has 2 aliphatic heterocycles. The Hall–Kier alpha value is -5.36. The number of pyridine rings is 2. The number of halogens is 1. The van der Waals surface area contributed by atoms with Gasteiger partial charge in [-0.15, -0.1) is 16.4 Å². The quantitative estimate of drug-likeness (QED) is 0.172. The number of hydrogen-bond donors (Lipinski definition) is 2. The first kappa shape index (κ1) is 30.7. The highest BCUT2D eigenvalue weighted by atomic mass is 32.1. The molecule has 1 saturated heterocycles. The Morgan fingerprint density at radius 2 is 1.98 bits per heavy atom. The van der Waals surface area contributed by atoms with Gasteiger partial charge in [-0.05, 0) is 97.9 Å². The van der Waals surface area contributed by atoms with Crippen LogP contribution in [0.5, 0.6) is 5.75 Å². The number of fused-ring (bicyclic) bond motifs is 5. The van der Waals surface area contributed by atoms with Crippen molar-refractivity contribution in [1.29, 1.82) is 0 Å². The molecule has 2 atom stereocenters. The highest BCUT2D eigenvalue weighted by molar-refractivity contribution is 7.23. The van der Waals surface area contributed by atoms with Gasteiger partial charge in [0.05, 0.1) is 45.9 Å². The molecule has 1 aliphatic carbocycles. The second-order valence-electron chi connectivity index (χ2n) is 13.4. The van der Waals surface area contributed by atoms with Crippen LogP contribution < -0.4 is 15.8 Å². The van der Waals surface area contributed by atoms with Crippen molar-refractivity contribution in [1.82, 2.24) is 25.1 Å². The number of rotatable bonds is 8. The van der Waals surface area contributed by atoms with Crippen molar-refractivity contribution in [3.63, 3.8) is 0 Å². The normalized spacial score (nSPS) is 19.2. The first-order valence-corrected chi connectivity index (χ1v) is 17.6. The summed E-state index contributed by atoms with van der Waals surface area (Å²) in [6.45, 7) is 2.73. The van der Waals surface area contributed by atoms with E-state index in [0.717, 1.165) is 63.5 Å². The second kappa shape index (κ2) is 11.6. The zero-order valence-corrected chi connectivity index (χ0v) is 28.3. The van der Waals surface area contributed by atoms with Crippen LogP contribution >= 0.6 is 11.3 Å². The number of benzene rings is 2. The number of aromatic amines is 1. The number of amides is 1. The van der Waals surface area contributed by atoms with Crippen molar-refractivity contribution in [3.8, 4) is 27.6 Å². The summed E-state index contributed by atoms with van der Waals surface area (Å²) in [5, 5.41) is 11.4. The molecule has 12 heteroatoms. The van der Waals surface area contributed by atoms with Crippen LogP contribution in [0.2, 0.25) is 0 Å². The van der Waals surface area contributed by atoms with E-state index in [-0.39, 0.29) is 23.7 Å². The van der Waals surface area contributed by atoms with Crippen molar-refractivity contribution < 1.29 is 18.3 Å². The summed E-state index contributed by atoms with van der Waals surface area (Å²) >= 11 is 1.54. The number of ether oxygens (including phenoxy) is 1. The number of nitrogens with zero attached hydrogens (tertiary/aromatic N) is 4. The van der Waals surface area contributed by atoms with E-state index in [1.807, 2.05) is 23.1 Å². The lowest BCUT2D eigenvalue weighted by atomic mass is 9.88. The Kier molecular flexibility index (Phi) is 7.13. The van der Waals surface area contributed by atoms with Gasteiger partial charge in [-0.1, -0.05) is 24.3 Å². The number of anilines is 1. The Labute approximate surface area is 290 Å². The van der Waals surface area contributed by atoms with Crippen LogP contribution in [0.4, 0.5) is 10.2 Å². The minimum absolute atomic E-state index is 0.0644. The fraction of sp³-hybridized carbons (Fsp3) is 0.289. The highest BCUT2D eigenvalue weighted by Crippen LogP contribution is 2.53. The molecule has 4 aromatic heterocycles. The van der Waals surface area contributed by atoms with Crippen LogP contribution in [0.25, 0.3) is 32.0 Å².